The lowest BCUT2D eigenvalue weighted by Crippen LogP contribution is -2.31. The average molecular weight is 426 g/mol. The van der Waals surface area contributed by atoms with Crippen LogP contribution in [0, 0.1) is 0 Å². The molecule has 4 heterocycles. The highest BCUT2D eigenvalue weighted by molar-refractivity contribution is 6.28. The van der Waals surface area contributed by atoms with Crippen molar-refractivity contribution in [1.82, 2.24) is 19.5 Å². The Balaban J connectivity index is 1.70. The second kappa shape index (κ2) is 7.96. The summed E-state index contributed by atoms with van der Waals surface area (Å²) in [5.74, 6) is -0.147. The molecule has 1 unspecified atom stereocenters. The summed E-state index contributed by atoms with van der Waals surface area (Å²) in [7, 11) is 0. The van der Waals surface area contributed by atoms with Crippen LogP contribution >= 0.6 is 11.6 Å². The van der Waals surface area contributed by atoms with E-state index < -0.39 is 24.2 Å². The molecular formula is C19H28ClN5O4. The number of nitrogens with one attached hydrogen (secondary N) is 1. The zero-order valence-corrected chi connectivity index (χ0v) is 17.9. The highest BCUT2D eigenvalue weighted by Crippen LogP contribution is 2.43. The van der Waals surface area contributed by atoms with Crippen molar-refractivity contribution in [2.45, 2.75) is 83.3 Å². The molecule has 160 valence electrons. The lowest BCUT2D eigenvalue weighted by Gasteiger charge is -2.24. The van der Waals surface area contributed by atoms with Crippen molar-refractivity contribution in [1.29, 1.82) is 0 Å². The van der Waals surface area contributed by atoms with Gasteiger partial charge in [0.05, 0.1) is 12.9 Å². The lowest BCUT2D eigenvalue weighted by molar-refractivity contribution is -0.199. The van der Waals surface area contributed by atoms with Crippen LogP contribution in [0.1, 0.15) is 53.2 Å². The van der Waals surface area contributed by atoms with Crippen LogP contribution in [0.25, 0.3) is 11.2 Å². The van der Waals surface area contributed by atoms with Gasteiger partial charge in [-0.3, -0.25) is 4.57 Å². The number of hydrogen-bond donors (Lipinski definition) is 2. The molecule has 0 radical (unpaired) electrons. The Morgan fingerprint density at radius 2 is 2.03 bits per heavy atom. The number of hydrogen-bond acceptors (Lipinski definition) is 8. The number of anilines is 1. The third kappa shape index (κ3) is 3.82. The standard InChI is InChI=1S/C19H28ClN5O4/c1-5-7-10(6-2)22-15-12-16(24-18(20)23-15)25(9-21-12)17-14-13(11(8-26)27-17)28-19(3,4)29-14/h9-11,13-14,17,26H,5-8H2,1-4H3,(H,22,23,24)/t10?,11-,13-,14-,17-/m1/s1. The molecule has 2 N–H and O–H groups in total. The van der Waals surface area contributed by atoms with E-state index in [1.165, 1.54) is 0 Å². The minimum atomic E-state index is -0.755. The van der Waals surface area contributed by atoms with Gasteiger partial charge in [0.1, 0.15) is 18.3 Å². The van der Waals surface area contributed by atoms with Gasteiger partial charge in [0, 0.05) is 6.04 Å². The Morgan fingerprint density at radius 3 is 2.72 bits per heavy atom. The van der Waals surface area contributed by atoms with E-state index >= 15 is 0 Å². The molecule has 0 aromatic carbocycles. The molecule has 4 rings (SSSR count). The van der Waals surface area contributed by atoms with Crippen LogP contribution in [0.4, 0.5) is 5.82 Å². The molecule has 0 aliphatic carbocycles. The van der Waals surface area contributed by atoms with E-state index in [0.717, 1.165) is 19.3 Å². The summed E-state index contributed by atoms with van der Waals surface area (Å²) in [6.07, 6.45) is 2.90. The average Bonchev–Trinajstić information content (AvgIpc) is 3.31. The zero-order chi connectivity index (χ0) is 20.8. The fraction of sp³-hybridized carbons (Fsp3) is 0.737. The summed E-state index contributed by atoms with van der Waals surface area (Å²) in [5, 5.41) is 13.3. The van der Waals surface area contributed by atoms with Gasteiger partial charge in [-0.1, -0.05) is 20.3 Å². The Bertz CT molecular complexity index is 876. The van der Waals surface area contributed by atoms with Gasteiger partial charge in [0.2, 0.25) is 5.28 Å². The van der Waals surface area contributed by atoms with Gasteiger partial charge in [-0.25, -0.2) is 4.98 Å². The van der Waals surface area contributed by atoms with Gasteiger partial charge in [0.25, 0.3) is 0 Å². The normalized spacial score (nSPS) is 29.3. The summed E-state index contributed by atoms with van der Waals surface area (Å²) in [4.78, 5) is 13.3. The van der Waals surface area contributed by atoms with Gasteiger partial charge in [-0.15, -0.1) is 0 Å². The molecule has 2 saturated heterocycles. The highest BCUT2D eigenvalue weighted by Gasteiger charge is 2.56. The summed E-state index contributed by atoms with van der Waals surface area (Å²) in [6.45, 7) is 7.82. The van der Waals surface area contributed by atoms with Gasteiger partial charge in [-0.05, 0) is 38.3 Å². The molecule has 2 aliphatic heterocycles. The predicted molar refractivity (Wildman–Crippen MR) is 108 cm³/mol. The van der Waals surface area contributed by atoms with Gasteiger partial charge in [-0.2, -0.15) is 9.97 Å². The van der Waals surface area contributed by atoms with Crippen molar-refractivity contribution in [3.05, 3.63) is 11.6 Å². The van der Waals surface area contributed by atoms with Crippen molar-refractivity contribution >= 4 is 28.6 Å². The molecular weight excluding hydrogens is 398 g/mol. The molecule has 2 aliphatic rings. The van der Waals surface area contributed by atoms with Crippen LogP contribution in [-0.4, -0.2) is 61.4 Å². The zero-order valence-electron chi connectivity index (χ0n) is 17.1. The van der Waals surface area contributed by atoms with Crippen molar-refractivity contribution in [2.24, 2.45) is 0 Å². The van der Waals surface area contributed by atoms with E-state index in [-0.39, 0.29) is 24.0 Å². The maximum atomic E-state index is 9.73. The van der Waals surface area contributed by atoms with Crippen molar-refractivity contribution in [3.63, 3.8) is 0 Å². The first kappa shape index (κ1) is 20.7. The van der Waals surface area contributed by atoms with Crippen LogP contribution in [-0.2, 0) is 14.2 Å². The molecule has 10 heteroatoms. The molecule has 9 nitrogen and oxygen atoms in total. The highest BCUT2D eigenvalue weighted by atomic mass is 35.5. The first-order chi connectivity index (χ1) is 13.9. The van der Waals surface area contributed by atoms with E-state index in [4.69, 9.17) is 25.8 Å². The molecule has 0 bridgehead atoms. The van der Waals surface area contributed by atoms with Crippen molar-refractivity contribution in [3.8, 4) is 0 Å². The number of rotatable bonds is 7. The Kier molecular flexibility index (Phi) is 5.69. The Morgan fingerprint density at radius 1 is 1.28 bits per heavy atom. The molecule has 0 saturated carbocycles. The topological polar surface area (TPSA) is 104 Å². The second-order valence-corrected chi connectivity index (χ2v) is 8.35. The molecule has 2 fully saturated rings. The fourth-order valence-corrected chi connectivity index (χ4v) is 4.29. The number of ether oxygens (including phenoxy) is 3. The number of aliphatic hydroxyl groups excluding tert-OH is 1. The summed E-state index contributed by atoms with van der Waals surface area (Å²) in [5.41, 5.74) is 1.17. The van der Waals surface area contributed by atoms with Gasteiger partial charge >= 0.3 is 0 Å². The van der Waals surface area contributed by atoms with Crippen LogP contribution in [0.3, 0.4) is 0 Å². The summed E-state index contributed by atoms with van der Waals surface area (Å²) >= 11 is 6.24. The van der Waals surface area contributed by atoms with Crippen LogP contribution in [0.15, 0.2) is 6.33 Å². The van der Waals surface area contributed by atoms with E-state index in [1.807, 2.05) is 13.8 Å². The van der Waals surface area contributed by atoms with E-state index in [2.05, 4.69) is 34.1 Å². The third-order valence-corrected chi connectivity index (χ3v) is 5.61. The molecule has 2 aromatic heterocycles. The maximum absolute atomic E-state index is 9.73. The van der Waals surface area contributed by atoms with Gasteiger partial charge < -0.3 is 24.6 Å². The van der Waals surface area contributed by atoms with Crippen molar-refractivity contribution < 1.29 is 19.3 Å². The number of imidazole rings is 1. The van der Waals surface area contributed by atoms with Crippen LogP contribution in [0.5, 0.6) is 0 Å². The monoisotopic (exact) mass is 425 g/mol. The second-order valence-electron chi connectivity index (χ2n) is 8.02. The smallest absolute Gasteiger partial charge is 0.226 e. The quantitative estimate of drug-likeness (QED) is 0.652. The Hall–Kier alpha value is -1.52. The fourth-order valence-electron chi connectivity index (χ4n) is 4.13. The van der Waals surface area contributed by atoms with Crippen LogP contribution < -0.4 is 5.32 Å². The van der Waals surface area contributed by atoms with E-state index in [9.17, 15) is 5.11 Å². The van der Waals surface area contributed by atoms with E-state index in [0.29, 0.717) is 17.0 Å². The summed E-state index contributed by atoms with van der Waals surface area (Å²) in [6, 6.07) is 0.276. The number of fused-ring (bicyclic) bond motifs is 2. The lowest BCUT2D eigenvalue weighted by atomic mass is 10.1. The number of halogens is 1. The van der Waals surface area contributed by atoms with Gasteiger partial charge in [0.15, 0.2) is 29.0 Å². The number of nitrogens with zero attached hydrogens (tertiary/aromatic N) is 4. The Labute approximate surface area is 174 Å². The van der Waals surface area contributed by atoms with Crippen molar-refractivity contribution in [2.75, 3.05) is 11.9 Å². The third-order valence-electron chi connectivity index (χ3n) is 5.44. The van der Waals surface area contributed by atoms with Crippen LogP contribution in [0.2, 0.25) is 5.28 Å². The minimum Gasteiger partial charge on any atom is -0.394 e. The molecule has 2 aromatic rings. The predicted octanol–water partition coefficient (Wildman–Crippen LogP) is 2.88. The SMILES string of the molecule is CCCC(CC)Nc1nc(Cl)nc2c1ncn2[C@@H]1O[C@H](CO)[C@H]2OC(C)(C)O[C@H]21. The maximum Gasteiger partial charge on any atom is 0.226 e. The molecule has 5 atom stereocenters. The molecule has 0 spiro atoms. The molecule has 29 heavy (non-hydrogen) atoms. The number of aliphatic hydroxyl groups is 1. The minimum absolute atomic E-state index is 0.130. The largest absolute Gasteiger partial charge is 0.394 e. The van der Waals surface area contributed by atoms with E-state index in [1.54, 1.807) is 10.9 Å². The first-order valence-corrected chi connectivity index (χ1v) is 10.5. The molecule has 0 amide bonds. The first-order valence-electron chi connectivity index (χ1n) is 10.2. The number of aromatic nitrogens is 4. The summed E-state index contributed by atoms with van der Waals surface area (Å²) < 4.78 is 19.8.